The van der Waals surface area contributed by atoms with Gasteiger partial charge in [-0.25, -0.2) is 18.9 Å². The lowest BCUT2D eigenvalue weighted by molar-refractivity contribution is 0.126. The molecule has 0 fully saturated rings. The van der Waals surface area contributed by atoms with E-state index in [9.17, 15) is 4.39 Å². The van der Waals surface area contributed by atoms with Crippen LogP contribution in [0.25, 0.3) is 22.4 Å². The fourth-order valence-corrected chi connectivity index (χ4v) is 3.83. The van der Waals surface area contributed by atoms with E-state index in [-0.39, 0.29) is 12.4 Å². The van der Waals surface area contributed by atoms with Crippen LogP contribution in [0.3, 0.4) is 0 Å². The van der Waals surface area contributed by atoms with Gasteiger partial charge in [-0.3, -0.25) is 4.57 Å². The molecule has 0 N–H and O–H groups in total. The predicted octanol–water partition coefficient (Wildman–Crippen LogP) is 4.38. The number of hydrogen-bond acceptors (Lipinski definition) is 6. The van der Waals surface area contributed by atoms with Gasteiger partial charge in [-0.2, -0.15) is 0 Å². The van der Waals surface area contributed by atoms with E-state index in [0.29, 0.717) is 17.2 Å². The molecule has 166 valence electrons. The van der Waals surface area contributed by atoms with Gasteiger partial charge in [-0.1, -0.05) is 17.3 Å². The number of fused-ring (bicyclic) bond motifs is 3. The van der Waals surface area contributed by atoms with Crippen LogP contribution >= 0.6 is 0 Å². The molecular formula is C24H21FN6O2. The molecule has 2 aromatic carbocycles. The lowest BCUT2D eigenvalue weighted by Gasteiger charge is -2.07. The number of hydrogen-bond donors (Lipinski definition) is 0. The third-order valence-corrected chi connectivity index (χ3v) is 5.56. The van der Waals surface area contributed by atoms with Gasteiger partial charge in [0.2, 0.25) is 0 Å². The first kappa shape index (κ1) is 20.6. The second-order valence-corrected chi connectivity index (χ2v) is 7.51. The number of ether oxygens (including phenoxy) is 1. The minimum absolute atomic E-state index is 0.103. The van der Waals surface area contributed by atoms with E-state index in [4.69, 9.17) is 9.57 Å². The Bertz CT molecular complexity index is 1490. The summed E-state index contributed by atoms with van der Waals surface area (Å²) in [6, 6.07) is 13.9. The molecule has 5 rings (SSSR count). The van der Waals surface area contributed by atoms with Crippen LogP contribution in [0, 0.1) is 19.7 Å². The third-order valence-electron chi connectivity index (χ3n) is 5.56. The molecule has 0 aliphatic carbocycles. The number of benzene rings is 2. The Morgan fingerprint density at radius 1 is 1.06 bits per heavy atom. The van der Waals surface area contributed by atoms with E-state index in [1.807, 2.05) is 42.7 Å². The van der Waals surface area contributed by atoms with Crippen LogP contribution in [0.1, 0.15) is 22.6 Å². The molecule has 0 aliphatic rings. The number of nitrogens with zero attached hydrogens (tertiary/aromatic N) is 6. The van der Waals surface area contributed by atoms with E-state index < -0.39 is 0 Å². The molecule has 9 heteroatoms. The van der Waals surface area contributed by atoms with Crippen LogP contribution in [0.15, 0.2) is 60.0 Å². The molecule has 0 amide bonds. The first-order valence-electron chi connectivity index (χ1n) is 10.3. The van der Waals surface area contributed by atoms with Crippen molar-refractivity contribution in [1.82, 2.24) is 24.1 Å². The maximum Gasteiger partial charge on any atom is 0.192 e. The van der Waals surface area contributed by atoms with Crippen LogP contribution in [-0.4, -0.2) is 37.5 Å². The van der Waals surface area contributed by atoms with Gasteiger partial charge in [-0.05, 0) is 55.8 Å². The fraction of sp³-hybridized carbons (Fsp3) is 0.167. The highest BCUT2D eigenvalue weighted by Crippen LogP contribution is 2.29. The van der Waals surface area contributed by atoms with Crippen molar-refractivity contribution >= 4 is 22.9 Å². The number of oxime groups is 1. The van der Waals surface area contributed by atoms with E-state index in [1.54, 1.807) is 36.3 Å². The lowest BCUT2D eigenvalue weighted by Crippen LogP contribution is -1.99. The van der Waals surface area contributed by atoms with E-state index in [0.717, 1.165) is 33.5 Å². The van der Waals surface area contributed by atoms with Crippen molar-refractivity contribution in [2.45, 2.75) is 20.5 Å². The number of halogens is 1. The van der Waals surface area contributed by atoms with Crippen LogP contribution in [0.2, 0.25) is 0 Å². The Morgan fingerprint density at radius 2 is 1.85 bits per heavy atom. The van der Waals surface area contributed by atoms with Crippen molar-refractivity contribution in [2.75, 3.05) is 7.11 Å². The van der Waals surface area contributed by atoms with Crippen LogP contribution in [0.5, 0.6) is 5.75 Å². The number of rotatable bonds is 6. The summed E-state index contributed by atoms with van der Waals surface area (Å²) < 4.78 is 22.3. The molecule has 0 atom stereocenters. The van der Waals surface area contributed by atoms with E-state index >= 15 is 0 Å². The maximum absolute atomic E-state index is 13.4. The van der Waals surface area contributed by atoms with Gasteiger partial charge in [-0.15, -0.1) is 5.10 Å². The quantitative estimate of drug-likeness (QED) is 0.287. The Labute approximate surface area is 188 Å². The van der Waals surface area contributed by atoms with Crippen LogP contribution in [0.4, 0.5) is 4.39 Å². The number of aromatic nitrogens is 5. The first-order chi connectivity index (χ1) is 16.1. The smallest absolute Gasteiger partial charge is 0.192 e. The van der Waals surface area contributed by atoms with Gasteiger partial charge in [0.05, 0.1) is 18.7 Å². The van der Waals surface area contributed by atoms with Crippen molar-refractivity contribution in [3.05, 3.63) is 83.3 Å². The zero-order valence-electron chi connectivity index (χ0n) is 18.4. The minimum Gasteiger partial charge on any atom is -0.496 e. The summed E-state index contributed by atoms with van der Waals surface area (Å²) in [6.45, 7) is 4.12. The predicted molar refractivity (Wildman–Crippen MR) is 122 cm³/mol. The highest BCUT2D eigenvalue weighted by molar-refractivity contribution is 5.95. The van der Waals surface area contributed by atoms with Gasteiger partial charge in [0.15, 0.2) is 23.7 Å². The number of para-hydroxylation sites is 1. The fourth-order valence-electron chi connectivity index (χ4n) is 3.83. The summed E-state index contributed by atoms with van der Waals surface area (Å²) in [6.07, 6.45) is 3.20. The Hall–Kier alpha value is -4.27. The average Bonchev–Trinajstić information content (AvgIpc) is 3.36. The van der Waals surface area contributed by atoms with Crippen molar-refractivity contribution in [3.8, 4) is 11.4 Å². The van der Waals surface area contributed by atoms with Crippen molar-refractivity contribution in [2.24, 2.45) is 5.16 Å². The SMILES string of the molecule is COc1ccccc1/C=N/OCc1nc2c3c(C)c(C)n(-c4ccc(F)cc4)c3ncn2n1. The molecule has 5 aromatic rings. The zero-order chi connectivity index (χ0) is 22.9. The highest BCUT2D eigenvalue weighted by atomic mass is 19.1. The molecule has 0 saturated carbocycles. The monoisotopic (exact) mass is 444 g/mol. The molecule has 8 nitrogen and oxygen atoms in total. The van der Waals surface area contributed by atoms with Crippen LogP contribution < -0.4 is 4.74 Å². The molecule has 3 aromatic heterocycles. The molecular weight excluding hydrogens is 423 g/mol. The standard InChI is InChI=1S/C24H21FN6O2/c1-15-16(2)31(19-10-8-18(25)9-11-19)23-22(15)24-28-21(29-30(24)14-26-23)13-33-27-12-17-6-4-5-7-20(17)32-3/h4-12,14H,13H2,1-3H3/b27-12+. The molecule has 0 aliphatic heterocycles. The number of aryl methyl sites for hydroxylation is 1. The minimum atomic E-state index is -0.282. The zero-order valence-corrected chi connectivity index (χ0v) is 18.4. The Kier molecular flexibility index (Phi) is 5.21. The average molecular weight is 444 g/mol. The molecule has 0 saturated heterocycles. The second kappa shape index (κ2) is 8.34. The van der Waals surface area contributed by atoms with Gasteiger partial charge in [0, 0.05) is 16.9 Å². The summed E-state index contributed by atoms with van der Waals surface area (Å²) in [5.41, 5.74) is 5.08. The van der Waals surface area contributed by atoms with Gasteiger partial charge in [0.1, 0.15) is 17.9 Å². The summed E-state index contributed by atoms with van der Waals surface area (Å²) in [4.78, 5) is 14.7. The van der Waals surface area contributed by atoms with Gasteiger partial charge < -0.3 is 9.57 Å². The second-order valence-electron chi connectivity index (χ2n) is 7.51. The lowest BCUT2D eigenvalue weighted by atomic mass is 10.2. The summed E-state index contributed by atoms with van der Waals surface area (Å²) in [7, 11) is 1.61. The summed E-state index contributed by atoms with van der Waals surface area (Å²) >= 11 is 0. The topological polar surface area (TPSA) is 78.8 Å². The largest absolute Gasteiger partial charge is 0.496 e. The number of methoxy groups -OCH3 is 1. The van der Waals surface area contributed by atoms with E-state index in [1.165, 1.54) is 12.1 Å². The van der Waals surface area contributed by atoms with Crippen molar-refractivity contribution in [3.63, 3.8) is 0 Å². The summed E-state index contributed by atoms with van der Waals surface area (Å²) in [5.74, 6) is 0.907. The summed E-state index contributed by atoms with van der Waals surface area (Å²) in [5, 5.41) is 9.37. The van der Waals surface area contributed by atoms with Crippen molar-refractivity contribution < 1.29 is 14.0 Å². The van der Waals surface area contributed by atoms with E-state index in [2.05, 4.69) is 20.2 Å². The molecule has 0 radical (unpaired) electrons. The first-order valence-corrected chi connectivity index (χ1v) is 10.3. The normalized spacial score (nSPS) is 11.6. The molecule has 3 heterocycles. The van der Waals surface area contributed by atoms with Gasteiger partial charge >= 0.3 is 0 Å². The molecule has 0 spiro atoms. The molecule has 0 bridgehead atoms. The molecule has 33 heavy (non-hydrogen) atoms. The van der Waals surface area contributed by atoms with Crippen LogP contribution in [-0.2, 0) is 11.4 Å². The van der Waals surface area contributed by atoms with Crippen molar-refractivity contribution in [1.29, 1.82) is 0 Å². The maximum atomic E-state index is 13.4. The van der Waals surface area contributed by atoms with Gasteiger partial charge in [0.25, 0.3) is 0 Å². The Balaban J connectivity index is 1.46. The highest BCUT2D eigenvalue weighted by Gasteiger charge is 2.19. The molecule has 0 unspecified atom stereocenters. The Morgan fingerprint density at radius 3 is 2.64 bits per heavy atom. The third kappa shape index (κ3) is 3.67.